The molecule has 1 saturated heterocycles. The van der Waals surface area contributed by atoms with Crippen molar-refractivity contribution in [2.45, 2.75) is 31.1 Å². The second-order valence-corrected chi connectivity index (χ2v) is 6.55. The lowest BCUT2D eigenvalue weighted by Gasteiger charge is -2.15. The summed E-state index contributed by atoms with van der Waals surface area (Å²) in [7, 11) is 0. The Hall–Kier alpha value is -1.89. The largest absolute Gasteiger partial charge is 0.370 e. The van der Waals surface area contributed by atoms with E-state index in [9.17, 15) is 14.0 Å². The third kappa shape index (κ3) is 3.41. The third-order valence-corrected chi connectivity index (χ3v) is 4.38. The van der Waals surface area contributed by atoms with E-state index in [4.69, 9.17) is 5.73 Å². The predicted molar refractivity (Wildman–Crippen MR) is 80.2 cm³/mol. The number of aliphatic imine (C=N–C) groups is 1. The molecular formula is C14H16FN3O2S. The van der Waals surface area contributed by atoms with Gasteiger partial charge in [0.15, 0.2) is 5.17 Å². The summed E-state index contributed by atoms with van der Waals surface area (Å²) in [4.78, 5) is 27.3. The molecule has 0 saturated carbocycles. The van der Waals surface area contributed by atoms with Gasteiger partial charge in [-0.2, -0.15) is 0 Å². The molecule has 0 spiro atoms. The number of nitrogens with one attached hydrogen (secondary N) is 1. The molecule has 2 rings (SSSR count). The number of carbonyl (C=O) groups excluding carboxylic acids is 2. The van der Waals surface area contributed by atoms with Gasteiger partial charge >= 0.3 is 0 Å². The monoisotopic (exact) mass is 309 g/mol. The van der Waals surface area contributed by atoms with E-state index in [0.717, 1.165) is 11.8 Å². The van der Waals surface area contributed by atoms with Crippen LogP contribution >= 0.6 is 11.8 Å². The van der Waals surface area contributed by atoms with Gasteiger partial charge in [0.05, 0.1) is 12.5 Å². The van der Waals surface area contributed by atoms with E-state index in [2.05, 4.69) is 10.3 Å². The standard InChI is InChI=1S/C14H16FN3O2S/c1-8(9-5-3-4-6-10(9)15)17-13-18-12(20)14(2,21-13)7-11(16)19/h3-6,8H,7H2,1-2H3,(H2,16,19)(H,17,18,20)/t8-,14?/m0/s1. The van der Waals surface area contributed by atoms with E-state index in [0.29, 0.717) is 10.7 Å². The first kappa shape index (κ1) is 15.5. The van der Waals surface area contributed by atoms with Gasteiger partial charge in [0, 0.05) is 5.56 Å². The van der Waals surface area contributed by atoms with Gasteiger partial charge in [0.25, 0.3) is 0 Å². The Balaban J connectivity index is 2.18. The summed E-state index contributed by atoms with van der Waals surface area (Å²) in [5, 5.41) is 2.99. The van der Waals surface area contributed by atoms with Crippen molar-refractivity contribution in [1.82, 2.24) is 5.32 Å². The summed E-state index contributed by atoms with van der Waals surface area (Å²) in [6.07, 6.45) is -0.0728. The Labute approximate surface area is 126 Å². The van der Waals surface area contributed by atoms with Gasteiger partial charge in [-0.25, -0.2) is 4.39 Å². The van der Waals surface area contributed by atoms with E-state index in [1.807, 2.05) is 0 Å². The van der Waals surface area contributed by atoms with E-state index in [1.54, 1.807) is 32.0 Å². The van der Waals surface area contributed by atoms with Crippen LogP contribution in [0.5, 0.6) is 0 Å². The van der Waals surface area contributed by atoms with Gasteiger partial charge < -0.3 is 11.1 Å². The number of primary amides is 1. The molecule has 1 aliphatic heterocycles. The molecule has 1 heterocycles. The first-order valence-electron chi connectivity index (χ1n) is 6.43. The van der Waals surface area contributed by atoms with Crippen molar-refractivity contribution in [2.24, 2.45) is 10.7 Å². The van der Waals surface area contributed by atoms with E-state index in [-0.39, 0.29) is 18.1 Å². The quantitative estimate of drug-likeness (QED) is 0.888. The molecule has 1 unspecified atom stereocenters. The molecule has 1 aromatic rings. The molecule has 0 radical (unpaired) electrons. The number of hydrogen-bond donors (Lipinski definition) is 2. The van der Waals surface area contributed by atoms with Crippen LogP contribution in [0.1, 0.15) is 31.9 Å². The molecule has 0 aliphatic carbocycles. The Morgan fingerprint density at radius 1 is 1.52 bits per heavy atom. The Morgan fingerprint density at radius 3 is 2.81 bits per heavy atom. The van der Waals surface area contributed by atoms with Gasteiger partial charge in [-0.05, 0) is 19.9 Å². The fourth-order valence-corrected chi connectivity index (χ4v) is 3.22. The van der Waals surface area contributed by atoms with Gasteiger partial charge in [-0.15, -0.1) is 0 Å². The van der Waals surface area contributed by atoms with Crippen LogP contribution in [0.4, 0.5) is 4.39 Å². The summed E-state index contributed by atoms with van der Waals surface area (Å²) in [6, 6.07) is 5.91. The lowest BCUT2D eigenvalue weighted by Crippen LogP contribution is -2.37. The summed E-state index contributed by atoms with van der Waals surface area (Å²) in [5.74, 6) is -1.21. The molecule has 0 aromatic heterocycles. The molecule has 1 fully saturated rings. The number of amides is 2. The minimum Gasteiger partial charge on any atom is -0.370 e. The van der Waals surface area contributed by atoms with Gasteiger partial charge in [-0.1, -0.05) is 30.0 Å². The molecule has 21 heavy (non-hydrogen) atoms. The fraction of sp³-hybridized carbons (Fsp3) is 0.357. The zero-order valence-corrected chi connectivity index (χ0v) is 12.5. The van der Waals surface area contributed by atoms with Crippen LogP contribution < -0.4 is 11.1 Å². The van der Waals surface area contributed by atoms with Crippen molar-refractivity contribution in [3.05, 3.63) is 35.6 Å². The average Bonchev–Trinajstić information content (AvgIpc) is 2.63. The molecule has 112 valence electrons. The number of carbonyl (C=O) groups is 2. The van der Waals surface area contributed by atoms with Gasteiger partial charge in [0.2, 0.25) is 11.8 Å². The zero-order chi connectivity index (χ0) is 15.6. The first-order valence-corrected chi connectivity index (χ1v) is 7.24. The summed E-state index contributed by atoms with van der Waals surface area (Å²) < 4.78 is 12.7. The number of hydrogen-bond acceptors (Lipinski definition) is 4. The summed E-state index contributed by atoms with van der Waals surface area (Å²) in [5.41, 5.74) is 5.60. The molecule has 1 aromatic carbocycles. The van der Waals surface area contributed by atoms with Crippen molar-refractivity contribution in [2.75, 3.05) is 0 Å². The normalized spacial score (nSPS) is 24.9. The smallest absolute Gasteiger partial charge is 0.242 e. The molecule has 5 nitrogen and oxygen atoms in total. The summed E-state index contributed by atoms with van der Waals surface area (Å²) >= 11 is 1.14. The molecule has 7 heteroatoms. The van der Waals surface area contributed by atoms with Crippen LogP contribution in [0, 0.1) is 5.82 Å². The second kappa shape index (κ2) is 5.85. The number of nitrogens with two attached hydrogens (primary N) is 1. The number of rotatable bonds is 4. The number of nitrogens with zero attached hydrogens (tertiary/aromatic N) is 1. The lowest BCUT2D eigenvalue weighted by molar-refractivity contribution is -0.125. The molecule has 2 atom stereocenters. The van der Waals surface area contributed by atoms with Crippen LogP contribution in [0.15, 0.2) is 29.3 Å². The van der Waals surface area contributed by atoms with Crippen molar-refractivity contribution >= 4 is 28.7 Å². The fourth-order valence-electron chi connectivity index (χ4n) is 2.08. The van der Waals surface area contributed by atoms with Crippen LogP contribution in [0.2, 0.25) is 0 Å². The van der Waals surface area contributed by atoms with Gasteiger partial charge in [0.1, 0.15) is 10.6 Å². The van der Waals surface area contributed by atoms with Crippen LogP contribution in [-0.4, -0.2) is 21.7 Å². The first-order chi connectivity index (χ1) is 9.82. The highest BCUT2D eigenvalue weighted by atomic mass is 32.2. The van der Waals surface area contributed by atoms with Crippen molar-refractivity contribution in [3.8, 4) is 0 Å². The predicted octanol–water partition coefficient (Wildman–Crippen LogP) is 1.74. The van der Waals surface area contributed by atoms with Crippen LogP contribution in [0.25, 0.3) is 0 Å². The highest BCUT2D eigenvalue weighted by Gasteiger charge is 2.43. The Kier molecular flexibility index (Phi) is 4.32. The molecule has 3 N–H and O–H groups in total. The second-order valence-electron chi connectivity index (χ2n) is 5.06. The topological polar surface area (TPSA) is 84.6 Å². The van der Waals surface area contributed by atoms with E-state index in [1.165, 1.54) is 6.07 Å². The van der Waals surface area contributed by atoms with Gasteiger partial charge in [-0.3, -0.25) is 14.6 Å². The maximum atomic E-state index is 13.7. The van der Waals surface area contributed by atoms with E-state index < -0.39 is 16.7 Å². The highest BCUT2D eigenvalue weighted by Crippen LogP contribution is 2.35. The highest BCUT2D eigenvalue weighted by molar-refractivity contribution is 8.16. The van der Waals surface area contributed by atoms with Crippen molar-refractivity contribution < 1.29 is 14.0 Å². The number of thioether (sulfide) groups is 1. The minimum atomic E-state index is -0.959. The molecular weight excluding hydrogens is 293 g/mol. The minimum absolute atomic E-state index is 0.0728. The maximum Gasteiger partial charge on any atom is 0.242 e. The molecule has 1 aliphatic rings. The number of halogens is 1. The maximum absolute atomic E-state index is 13.7. The Morgan fingerprint density at radius 2 is 2.19 bits per heavy atom. The van der Waals surface area contributed by atoms with Crippen LogP contribution in [0.3, 0.4) is 0 Å². The number of benzene rings is 1. The summed E-state index contributed by atoms with van der Waals surface area (Å²) in [6.45, 7) is 3.37. The Bertz CT molecular complexity index is 620. The van der Waals surface area contributed by atoms with Crippen molar-refractivity contribution in [1.29, 1.82) is 0 Å². The lowest BCUT2D eigenvalue weighted by atomic mass is 10.1. The molecule has 0 bridgehead atoms. The van der Waals surface area contributed by atoms with E-state index >= 15 is 0 Å². The third-order valence-electron chi connectivity index (χ3n) is 3.20. The average molecular weight is 309 g/mol. The molecule has 2 amide bonds. The zero-order valence-electron chi connectivity index (χ0n) is 11.7. The van der Waals surface area contributed by atoms with Crippen LogP contribution in [-0.2, 0) is 9.59 Å². The number of amidine groups is 1. The van der Waals surface area contributed by atoms with Crippen molar-refractivity contribution in [3.63, 3.8) is 0 Å². The SMILES string of the molecule is C[C@H](N=C1NC(=O)C(C)(CC(N)=O)S1)c1ccccc1F.